The number of carboxylic acid groups (broad SMARTS) is 1. The summed E-state index contributed by atoms with van der Waals surface area (Å²) >= 11 is 0. The fraction of sp³-hybridized carbons (Fsp3) is 0.611. The maximum Gasteiger partial charge on any atom is 0.347 e. The average molecular weight is 305 g/mol. The van der Waals surface area contributed by atoms with Crippen LogP contribution in [0.4, 0.5) is 0 Å². The second kappa shape index (κ2) is 7.63. The van der Waals surface area contributed by atoms with Crippen LogP contribution < -0.4 is 10.1 Å². The van der Waals surface area contributed by atoms with Gasteiger partial charge in [0, 0.05) is 6.54 Å². The Kier molecular flexibility index (Phi) is 5.83. The Bertz CT molecular complexity index is 493. The van der Waals surface area contributed by atoms with Crippen LogP contribution in [0.2, 0.25) is 0 Å². The highest BCUT2D eigenvalue weighted by atomic mass is 16.5. The van der Waals surface area contributed by atoms with E-state index in [1.165, 1.54) is 32.1 Å². The van der Waals surface area contributed by atoms with Crippen LogP contribution in [-0.4, -0.2) is 23.2 Å². The molecule has 0 atom stereocenters. The molecule has 0 aliphatic heterocycles. The fourth-order valence-corrected chi connectivity index (χ4v) is 2.87. The Morgan fingerprint density at radius 2 is 2.05 bits per heavy atom. The molecule has 1 saturated carbocycles. The minimum atomic E-state index is -1.21. The molecule has 0 amide bonds. The summed E-state index contributed by atoms with van der Waals surface area (Å²) in [5.41, 5.74) is -0.0942. The third kappa shape index (κ3) is 5.02. The monoisotopic (exact) mass is 305 g/mol. The maximum atomic E-state index is 11.1. The summed E-state index contributed by atoms with van der Waals surface area (Å²) in [5.74, 6) is 0.441. The van der Waals surface area contributed by atoms with Crippen LogP contribution in [0.15, 0.2) is 24.3 Å². The molecule has 0 bridgehead atoms. The van der Waals surface area contributed by atoms with E-state index in [0.29, 0.717) is 5.75 Å². The standard InChI is InChI=1S/C18H27NO3/c1-18(2,17(20)21)22-16-10-6-9-15(11-16)13-19-12-14-7-4-3-5-8-14/h6,9-11,14,19H,3-5,7-8,12-13H2,1-2H3,(H,20,21). The molecule has 1 aliphatic carbocycles. The van der Waals surface area contributed by atoms with E-state index in [1.54, 1.807) is 19.9 Å². The lowest BCUT2D eigenvalue weighted by atomic mass is 9.89. The Balaban J connectivity index is 1.84. The van der Waals surface area contributed by atoms with Crippen LogP contribution in [0.3, 0.4) is 0 Å². The number of ether oxygens (including phenoxy) is 1. The van der Waals surface area contributed by atoms with Crippen molar-refractivity contribution in [2.24, 2.45) is 5.92 Å². The molecule has 1 aromatic rings. The smallest absolute Gasteiger partial charge is 0.347 e. The SMILES string of the molecule is CC(C)(Oc1cccc(CNCC2CCCCC2)c1)C(=O)O. The zero-order valence-electron chi connectivity index (χ0n) is 13.6. The molecule has 122 valence electrons. The fourth-order valence-electron chi connectivity index (χ4n) is 2.87. The van der Waals surface area contributed by atoms with Crippen LogP contribution in [-0.2, 0) is 11.3 Å². The van der Waals surface area contributed by atoms with Gasteiger partial charge >= 0.3 is 5.97 Å². The van der Waals surface area contributed by atoms with Gasteiger partial charge in [0.1, 0.15) is 5.75 Å². The first-order valence-corrected chi connectivity index (χ1v) is 8.19. The van der Waals surface area contributed by atoms with E-state index >= 15 is 0 Å². The van der Waals surface area contributed by atoms with Crippen molar-refractivity contribution < 1.29 is 14.6 Å². The molecule has 0 radical (unpaired) electrons. The van der Waals surface area contributed by atoms with Crippen molar-refractivity contribution >= 4 is 5.97 Å². The second-order valence-electron chi connectivity index (χ2n) is 6.70. The van der Waals surface area contributed by atoms with E-state index < -0.39 is 11.6 Å². The number of hydrogen-bond donors (Lipinski definition) is 2. The van der Waals surface area contributed by atoms with Crippen molar-refractivity contribution in [2.75, 3.05) is 6.54 Å². The van der Waals surface area contributed by atoms with Gasteiger partial charge in [-0.05, 0) is 56.8 Å². The largest absolute Gasteiger partial charge is 0.478 e. The molecule has 0 unspecified atom stereocenters. The van der Waals surface area contributed by atoms with Gasteiger partial charge in [-0.1, -0.05) is 31.4 Å². The van der Waals surface area contributed by atoms with Gasteiger partial charge in [-0.2, -0.15) is 0 Å². The second-order valence-corrected chi connectivity index (χ2v) is 6.70. The molecule has 4 heteroatoms. The zero-order chi connectivity index (χ0) is 16.0. The van der Waals surface area contributed by atoms with Crippen molar-refractivity contribution in [3.8, 4) is 5.75 Å². The van der Waals surface area contributed by atoms with Crippen LogP contribution in [0.1, 0.15) is 51.5 Å². The molecule has 2 rings (SSSR count). The lowest BCUT2D eigenvalue weighted by molar-refractivity contribution is -0.152. The maximum absolute atomic E-state index is 11.1. The summed E-state index contributed by atoms with van der Waals surface area (Å²) in [5, 5.41) is 12.6. The first-order valence-electron chi connectivity index (χ1n) is 8.19. The van der Waals surface area contributed by atoms with Crippen molar-refractivity contribution in [1.82, 2.24) is 5.32 Å². The molecule has 0 heterocycles. The number of hydrogen-bond acceptors (Lipinski definition) is 3. The van der Waals surface area contributed by atoms with Gasteiger partial charge in [0.2, 0.25) is 0 Å². The molecule has 0 saturated heterocycles. The van der Waals surface area contributed by atoms with Gasteiger partial charge in [0.15, 0.2) is 5.60 Å². The highest BCUT2D eigenvalue weighted by molar-refractivity contribution is 5.76. The van der Waals surface area contributed by atoms with Crippen LogP contribution >= 0.6 is 0 Å². The van der Waals surface area contributed by atoms with E-state index in [9.17, 15) is 4.79 Å². The van der Waals surface area contributed by atoms with Gasteiger partial charge in [-0.15, -0.1) is 0 Å². The summed E-state index contributed by atoms with van der Waals surface area (Å²) in [4.78, 5) is 11.1. The zero-order valence-corrected chi connectivity index (χ0v) is 13.6. The van der Waals surface area contributed by atoms with Crippen molar-refractivity contribution in [1.29, 1.82) is 0 Å². The molecule has 2 N–H and O–H groups in total. The van der Waals surface area contributed by atoms with Gasteiger partial charge in [-0.25, -0.2) is 4.79 Å². The van der Waals surface area contributed by atoms with Gasteiger partial charge in [0.05, 0.1) is 0 Å². The minimum absolute atomic E-state index is 0.601. The van der Waals surface area contributed by atoms with Crippen molar-refractivity contribution in [3.63, 3.8) is 0 Å². The molecule has 1 aromatic carbocycles. The molecule has 4 nitrogen and oxygen atoms in total. The summed E-state index contributed by atoms with van der Waals surface area (Å²) in [6.07, 6.45) is 6.78. The lowest BCUT2D eigenvalue weighted by Crippen LogP contribution is -2.37. The quantitative estimate of drug-likeness (QED) is 0.808. The van der Waals surface area contributed by atoms with Gasteiger partial charge < -0.3 is 15.2 Å². The number of nitrogens with one attached hydrogen (secondary N) is 1. The molecular formula is C18H27NO3. The Hall–Kier alpha value is -1.55. The number of aliphatic carboxylic acids is 1. The normalized spacial score (nSPS) is 16.5. The highest BCUT2D eigenvalue weighted by Gasteiger charge is 2.29. The van der Waals surface area contributed by atoms with Crippen molar-refractivity contribution in [3.05, 3.63) is 29.8 Å². The predicted octanol–water partition coefficient (Wildman–Crippen LogP) is 3.60. The molecule has 0 spiro atoms. The number of carboxylic acids is 1. The summed E-state index contributed by atoms with van der Waals surface area (Å²) in [7, 11) is 0. The summed E-state index contributed by atoms with van der Waals surface area (Å²) < 4.78 is 5.57. The average Bonchev–Trinajstić information content (AvgIpc) is 2.48. The lowest BCUT2D eigenvalue weighted by Gasteiger charge is -2.23. The Labute approximate surface area is 132 Å². The number of carbonyl (C=O) groups is 1. The van der Waals surface area contributed by atoms with E-state index in [-0.39, 0.29) is 0 Å². The predicted molar refractivity (Wildman–Crippen MR) is 87.1 cm³/mol. The summed E-state index contributed by atoms with van der Waals surface area (Å²) in [6, 6.07) is 7.66. The van der Waals surface area contributed by atoms with E-state index in [2.05, 4.69) is 5.32 Å². The molecule has 0 aromatic heterocycles. The van der Waals surface area contributed by atoms with E-state index in [4.69, 9.17) is 9.84 Å². The van der Waals surface area contributed by atoms with Crippen LogP contribution in [0, 0.1) is 5.92 Å². The minimum Gasteiger partial charge on any atom is -0.478 e. The number of rotatable bonds is 7. The first-order chi connectivity index (χ1) is 10.5. The van der Waals surface area contributed by atoms with Gasteiger partial charge in [0.25, 0.3) is 0 Å². The van der Waals surface area contributed by atoms with Crippen LogP contribution in [0.5, 0.6) is 5.75 Å². The topological polar surface area (TPSA) is 58.6 Å². The molecule has 1 fully saturated rings. The van der Waals surface area contributed by atoms with Gasteiger partial charge in [-0.3, -0.25) is 0 Å². The Morgan fingerprint density at radius 1 is 1.32 bits per heavy atom. The first kappa shape index (κ1) is 16.8. The van der Waals surface area contributed by atoms with E-state index in [1.807, 2.05) is 18.2 Å². The molecule has 1 aliphatic rings. The third-order valence-electron chi connectivity index (χ3n) is 4.27. The van der Waals surface area contributed by atoms with Crippen LogP contribution in [0.25, 0.3) is 0 Å². The number of benzene rings is 1. The van der Waals surface area contributed by atoms with Crippen molar-refractivity contribution in [2.45, 2.75) is 58.1 Å². The molecular weight excluding hydrogens is 278 g/mol. The highest BCUT2D eigenvalue weighted by Crippen LogP contribution is 2.23. The third-order valence-corrected chi connectivity index (χ3v) is 4.27. The molecule has 22 heavy (non-hydrogen) atoms. The van der Waals surface area contributed by atoms with E-state index in [0.717, 1.165) is 24.6 Å². The Morgan fingerprint density at radius 3 is 2.73 bits per heavy atom. The summed E-state index contributed by atoms with van der Waals surface area (Å²) in [6.45, 7) is 4.97.